The van der Waals surface area contributed by atoms with Gasteiger partial charge < -0.3 is 10.2 Å². The summed E-state index contributed by atoms with van der Waals surface area (Å²) in [7, 11) is 0. The molecule has 0 aliphatic heterocycles. The summed E-state index contributed by atoms with van der Waals surface area (Å²) >= 11 is 0. The molecule has 2 bridgehead atoms. The fraction of sp³-hybridized carbons (Fsp3) is 1.00. The van der Waals surface area contributed by atoms with Crippen molar-refractivity contribution in [2.24, 2.45) is 22.7 Å². The van der Waals surface area contributed by atoms with Crippen LogP contribution < -0.4 is 0 Å². The van der Waals surface area contributed by atoms with Crippen molar-refractivity contribution in [2.75, 3.05) is 0 Å². The Hall–Kier alpha value is -0.0800. The van der Waals surface area contributed by atoms with Crippen molar-refractivity contribution in [3.8, 4) is 0 Å². The van der Waals surface area contributed by atoms with Crippen molar-refractivity contribution in [3.05, 3.63) is 0 Å². The van der Waals surface area contributed by atoms with Gasteiger partial charge in [0.05, 0.1) is 0 Å². The Morgan fingerprint density at radius 2 is 1.88 bits per heavy atom. The largest absolute Gasteiger partial charge is 0.368 e. The lowest BCUT2D eigenvalue weighted by molar-refractivity contribution is -0.199. The molecule has 0 saturated heterocycles. The number of aliphatic hydroxyl groups is 2. The molecule has 3 unspecified atom stereocenters. The molecule has 100 valence electrons. The van der Waals surface area contributed by atoms with Gasteiger partial charge in [-0.2, -0.15) is 0 Å². The summed E-state index contributed by atoms with van der Waals surface area (Å²) in [5.41, 5.74) is 1.07. The van der Waals surface area contributed by atoms with Crippen LogP contribution in [0.4, 0.5) is 0 Å². The predicted octanol–water partition coefficient (Wildman–Crippen LogP) is 3.32. The second-order valence-corrected chi connectivity index (χ2v) is 6.98. The van der Waals surface area contributed by atoms with Crippen molar-refractivity contribution < 1.29 is 10.2 Å². The van der Waals surface area contributed by atoms with E-state index in [2.05, 4.69) is 20.8 Å². The Bertz CT molecular complexity index is 272. The van der Waals surface area contributed by atoms with Gasteiger partial charge in [0.2, 0.25) is 0 Å². The van der Waals surface area contributed by atoms with Crippen LogP contribution in [0.25, 0.3) is 0 Å². The highest BCUT2D eigenvalue weighted by Crippen LogP contribution is 2.71. The summed E-state index contributed by atoms with van der Waals surface area (Å²) in [6.45, 7) is 7.34. The molecule has 0 aromatic heterocycles. The summed E-state index contributed by atoms with van der Waals surface area (Å²) in [6, 6.07) is 0. The monoisotopic (exact) mass is 240 g/mol. The molecule has 3 saturated carbocycles. The molecule has 0 heterocycles. The number of hydrogen-bond acceptors (Lipinski definition) is 2. The van der Waals surface area contributed by atoms with Crippen molar-refractivity contribution in [1.29, 1.82) is 0 Å². The van der Waals surface area contributed by atoms with Gasteiger partial charge in [-0.25, -0.2) is 0 Å². The molecule has 0 aromatic carbocycles. The first-order valence-electron chi connectivity index (χ1n) is 7.26. The van der Waals surface area contributed by atoms with Gasteiger partial charge in [-0.1, -0.05) is 27.2 Å². The Morgan fingerprint density at radius 3 is 2.41 bits per heavy atom. The van der Waals surface area contributed by atoms with Crippen LogP contribution in [0.15, 0.2) is 0 Å². The van der Waals surface area contributed by atoms with E-state index in [0.717, 1.165) is 24.7 Å². The van der Waals surface area contributed by atoms with E-state index in [0.29, 0.717) is 17.3 Å². The van der Waals surface area contributed by atoms with E-state index in [-0.39, 0.29) is 0 Å². The standard InChI is InChI=1S/C15H28O2/c1-11-7-8-12-10-15(11,14(12,2)3)9-5-4-6-13(16)17/h11-13,16-17H,4-10H2,1-3H3. The van der Waals surface area contributed by atoms with Crippen molar-refractivity contribution in [2.45, 2.75) is 72.0 Å². The Balaban J connectivity index is 1.89. The summed E-state index contributed by atoms with van der Waals surface area (Å²) in [4.78, 5) is 0. The van der Waals surface area contributed by atoms with Crippen LogP contribution in [0, 0.1) is 22.7 Å². The summed E-state index contributed by atoms with van der Waals surface area (Å²) in [5, 5.41) is 17.7. The molecule has 3 aliphatic rings. The molecule has 2 N–H and O–H groups in total. The van der Waals surface area contributed by atoms with E-state index in [1.54, 1.807) is 0 Å². The minimum absolute atomic E-state index is 0.516. The van der Waals surface area contributed by atoms with Crippen LogP contribution in [0.5, 0.6) is 0 Å². The lowest BCUT2D eigenvalue weighted by atomic mass is 9.36. The average Bonchev–Trinajstić information content (AvgIpc) is 2.25. The molecule has 0 radical (unpaired) electrons. The van der Waals surface area contributed by atoms with Crippen molar-refractivity contribution in [3.63, 3.8) is 0 Å². The van der Waals surface area contributed by atoms with Gasteiger partial charge in [-0.05, 0) is 61.2 Å². The third-order valence-electron chi connectivity index (χ3n) is 6.14. The minimum Gasteiger partial charge on any atom is -0.368 e. The molecular weight excluding hydrogens is 212 g/mol. The lowest BCUT2D eigenvalue weighted by Crippen LogP contribution is -2.61. The Morgan fingerprint density at radius 1 is 1.18 bits per heavy atom. The van der Waals surface area contributed by atoms with E-state index in [9.17, 15) is 0 Å². The third kappa shape index (κ3) is 2.04. The van der Waals surface area contributed by atoms with Crippen molar-refractivity contribution in [1.82, 2.24) is 0 Å². The first kappa shape index (κ1) is 13.4. The van der Waals surface area contributed by atoms with Crippen molar-refractivity contribution >= 4 is 0 Å². The maximum Gasteiger partial charge on any atom is 0.151 e. The van der Waals surface area contributed by atoms with E-state index < -0.39 is 6.29 Å². The van der Waals surface area contributed by atoms with E-state index in [1.165, 1.54) is 25.7 Å². The van der Waals surface area contributed by atoms with Gasteiger partial charge in [-0.3, -0.25) is 0 Å². The molecule has 3 atom stereocenters. The van der Waals surface area contributed by atoms with Crippen LogP contribution in [0.1, 0.15) is 65.7 Å². The first-order chi connectivity index (χ1) is 7.90. The quantitative estimate of drug-likeness (QED) is 0.571. The average molecular weight is 240 g/mol. The number of unbranched alkanes of at least 4 members (excludes halogenated alkanes) is 1. The lowest BCUT2D eigenvalue weighted by Gasteiger charge is -2.69. The van der Waals surface area contributed by atoms with Gasteiger partial charge in [0.25, 0.3) is 0 Å². The predicted molar refractivity (Wildman–Crippen MR) is 69.4 cm³/mol. The van der Waals surface area contributed by atoms with Gasteiger partial charge in [0.1, 0.15) is 0 Å². The third-order valence-corrected chi connectivity index (χ3v) is 6.14. The fourth-order valence-electron chi connectivity index (χ4n) is 4.70. The molecule has 0 spiro atoms. The zero-order valence-corrected chi connectivity index (χ0v) is 11.6. The number of aliphatic hydroxyl groups excluding tert-OH is 1. The molecule has 0 amide bonds. The molecule has 3 fully saturated rings. The highest BCUT2D eigenvalue weighted by molar-refractivity contribution is 5.12. The van der Waals surface area contributed by atoms with Crippen LogP contribution in [-0.2, 0) is 0 Å². The fourth-order valence-corrected chi connectivity index (χ4v) is 4.70. The second kappa shape index (κ2) is 4.55. The van der Waals surface area contributed by atoms with E-state index in [1.807, 2.05) is 0 Å². The van der Waals surface area contributed by atoms with Gasteiger partial charge >= 0.3 is 0 Å². The first-order valence-corrected chi connectivity index (χ1v) is 7.26. The SMILES string of the molecule is CC1CCC2CC1(CCCCC(O)O)C2(C)C. The van der Waals surface area contributed by atoms with E-state index >= 15 is 0 Å². The maximum absolute atomic E-state index is 8.87. The van der Waals surface area contributed by atoms with Gasteiger partial charge in [-0.15, -0.1) is 0 Å². The van der Waals surface area contributed by atoms with Crippen LogP contribution >= 0.6 is 0 Å². The molecule has 2 nitrogen and oxygen atoms in total. The van der Waals surface area contributed by atoms with Gasteiger partial charge in [0.15, 0.2) is 6.29 Å². The molecule has 3 aliphatic carbocycles. The molecule has 17 heavy (non-hydrogen) atoms. The summed E-state index contributed by atoms with van der Waals surface area (Å²) in [5.74, 6) is 1.80. The molecule has 2 heteroatoms. The van der Waals surface area contributed by atoms with E-state index in [4.69, 9.17) is 10.2 Å². The zero-order valence-electron chi connectivity index (χ0n) is 11.6. The maximum atomic E-state index is 8.87. The highest BCUT2D eigenvalue weighted by Gasteiger charge is 2.63. The van der Waals surface area contributed by atoms with Crippen LogP contribution in [-0.4, -0.2) is 16.5 Å². The van der Waals surface area contributed by atoms with Crippen LogP contribution in [0.3, 0.4) is 0 Å². The Kier molecular flexibility index (Phi) is 3.57. The summed E-state index contributed by atoms with van der Waals surface area (Å²) in [6.07, 6.45) is 7.05. The normalized spacial score (nSPS) is 39.2. The number of fused-ring (bicyclic) bond motifs is 2. The molecule has 0 aromatic rings. The van der Waals surface area contributed by atoms with Crippen LogP contribution in [0.2, 0.25) is 0 Å². The molecular formula is C15H28O2. The number of rotatable bonds is 5. The topological polar surface area (TPSA) is 40.5 Å². The second-order valence-electron chi connectivity index (χ2n) is 6.98. The van der Waals surface area contributed by atoms with Gasteiger partial charge in [0, 0.05) is 0 Å². The minimum atomic E-state index is -1.11. The molecule has 3 rings (SSSR count). The summed E-state index contributed by atoms with van der Waals surface area (Å²) < 4.78 is 0. The Labute approximate surface area is 105 Å². The number of hydrogen-bond donors (Lipinski definition) is 2. The highest BCUT2D eigenvalue weighted by atomic mass is 16.5. The zero-order chi connectivity index (χ0) is 12.7. The smallest absolute Gasteiger partial charge is 0.151 e.